The number of halogens is 2. The molecule has 1 aromatic carbocycles. The van der Waals surface area contributed by atoms with Gasteiger partial charge in [-0.15, -0.1) is 0 Å². The van der Waals surface area contributed by atoms with Crippen molar-refractivity contribution in [1.82, 2.24) is 16.2 Å². The maximum Gasteiger partial charge on any atom is 0.254 e. The predicted molar refractivity (Wildman–Crippen MR) is 62.8 cm³/mol. The van der Waals surface area contributed by atoms with Crippen LogP contribution in [0.1, 0.15) is 16.8 Å². The van der Waals surface area contributed by atoms with Crippen LogP contribution < -0.4 is 16.2 Å². The summed E-state index contributed by atoms with van der Waals surface area (Å²) >= 11 is 0. The molecule has 0 saturated carbocycles. The van der Waals surface area contributed by atoms with E-state index in [4.69, 9.17) is 0 Å². The van der Waals surface area contributed by atoms with Crippen molar-refractivity contribution in [2.75, 3.05) is 19.6 Å². The van der Waals surface area contributed by atoms with Crippen molar-refractivity contribution in [3.05, 3.63) is 35.4 Å². The average Bonchev–Trinajstić information content (AvgIpc) is 2.85. The van der Waals surface area contributed by atoms with E-state index in [2.05, 4.69) is 16.2 Å². The SMILES string of the molecule is O=C(NCCC1CNNC1)c1cccc(F)c1F. The number of nitrogens with one attached hydrogen (secondary N) is 3. The van der Waals surface area contributed by atoms with E-state index in [1.807, 2.05) is 0 Å². The second-order valence-corrected chi connectivity index (χ2v) is 4.27. The Morgan fingerprint density at radius 3 is 2.78 bits per heavy atom. The number of benzene rings is 1. The number of hydrogen-bond acceptors (Lipinski definition) is 3. The highest BCUT2D eigenvalue weighted by atomic mass is 19.2. The largest absolute Gasteiger partial charge is 0.352 e. The molecule has 1 heterocycles. The van der Waals surface area contributed by atoms with Crippen LogP contribution in [0.3, 0.4) is 0 Å². The highest BCUT2D eigenvalue weighted by molar-refractivity contribution is 5.94. The molecule has 1 amide bonds. The lowest BCUT2D eigenvalue weighted by atomic mass is 10.1. The van der Waals surface area contributed by atoms with Gasteiger partial charge in [0.2, 0.25) is 0 Å². The molecule has 0 atom stereocenters. The number of carbonyl (C=O) groups is 1. The highest BCUT2D eigenvalue weighted by Gasteiger charge is 2.16. The molecule has 18 heavy (non-hydrogen) atoms. The van der Waals surface area contributed by atoms with Crippen LogP contribution in [0, 0.1) is 17.6 Å². The summed E-state index contributed by atoms with van der Waals surface area (Å²) in [5.41, 5.74) is 5.72. The molecule has 4 nitrogen and oxygen atoms in total. The molecule has 2 rings (SSSR count). The summed E-state index contributed by atoms with van der Waals surface area (Å²) in [6, 6.07) is 3.58. The van der Waals surface area contributed by atoms with E-state index in [0.717, 1.165) is 25.6 Å². The van der Waals surface area contributed by atoms with Gasteiger partial charge in [-0.05, 0) is 24.5 Å². The molecule has 0 aromatic heterocycles. The molecule has 1 aromatic rings. The summed E-state index contributed by atoms with van der Waals surface area (Å²) in [6.07, 6.45) is 0.794. The molecule has 1 fully saturated rings. The Bertz CT molecular complexity index is 433. The van der Waals surface area contributed by atoms with Gasteiger partial charge in [0.1, 0.15) is 0 Å². The van der Waals surface area contributed by atoms with Crippen molar-refractivity contribution in [3.8, 4) is 0 Å². The number of rotatable bonds is 4. The van der Waals surface area contributed by atoms with Crippen LogP contribution >= 0.6 is 0 Å². The molecule has 1 aliphatic rings. The molecular weight excluding hydrogens is 240 g/mol. The van der Waals surface area contributed by atoms with Crippen LogP contribution in [-0.4, -0.2) is 25.5 Å². The molecule has 1 saturated heterocycles. The molecule has 0 unspecified atom stereocenters. The van der Waals surface area contributed by atoms with Gasteiger partial charge >= 0.3 is 0 Å². The highest BCUT2D eigenvalue weighted by Crippen LogP contribution is 2.11. The first kappa shape index (κ1) is 12.9. The predicted octanol–water partition coefficient (Wildman–Crippen LogP) is 0.809. The number of hydrogen-bond donors (Lipinski definition) is 3. The van der Waals surface area contributed by atoms with Gasteiger partial charge in [0.25, 0.3) is 5.91 Å². The van der Waals surface area contributed by atoms with Gasteiger partial charge < -0.3 is 5.32 Å². The number of amides is 1. The summed E-state index contributed by atoms with van der Waals surface area (Å²) in [7, 11) is 0. The Morgan fingerprint density at radius 1 is 1.33 bits per heavy atom. The van der Waals surface area contributed by atoms with Crippen LogP contribution in [0.25, 0.3) is 0 Å². The third-order valence-corrected chi connectivity index (χ3v) is 2.94. The van der Waals surface area contributed by atoms with E-state index in [0.29, 0.717) is 12.5 Å². The maximum absolute atomic E-state index is 13.3. The van der Waals surface area contributed by atoms with Crippen LogP contribution in [0.4, 0.5) is 8.78 Å². The van der Waals surface area contributed by atoms with E-state index in [1.54, 1.807) is 0 Å². The molecular formula is C12H15F2N3O. The second kappa shape index (κ2) is 5.88. The number of carbonyl (C=O) groups excluding carboxylic acids is 1. The van der Waals surface area contributed by atoms with Gasteiger partial charge in [0, 0.05) is 19.6 Å². The molecule has 6 heteroatoms. The lowest BCUT2D eigenvalue weighted by Crippen LogP contribution is -2.27. The van der Waals surface area contributed by atoms with Gasteiger partial charge in [-0.1, -0.05) is 6.07 Å². The molecule has 0 spiro atoms. The quantitative estimate of drug-likeness (QED) is 0.746. The Balaban J connectivity index is 1.85. The lowest BCUT2D eigenvalue weighted by Gasteiger charge is -2.09. The number of hydrazine groups is 1. The second-order valence-electron chi connectivity index (χ2n) is 4.27. The van der Waals surface area contributed by atoms with E-state index >= 15 is 0 Å². The average molecular weight is 255 g/mol. The summed E-state index contributed by atoms with van der Waals surface area (Å²) in [5, 5.41) is 2.59. The molecule has 0 bridgehead atoms. The molecule has 1 aliphatic heterocycles. The molecule has 0 aliphatic carbocycles. The summed E-state index contributed by atoms with van der Waals surface area (Å²) < 4.78 is 26.3. The minimum absolute atomic E-state index is 0.252. The maximum atomic E-state index is 13.3. The lowest BCUT2D eigenvalue weighted by molar-refractivity contribution is 0.0946. The van der Waals surface area contributed by atoms with Crippen LogP contribution in [0.5, 0.6) is 0 Å². The first-order valence-electron chi connectivity index (χ1n) is 5.86. The molecule has 98 valence electrons. The van der Waals surface area contributed by atoms with Crippen LogP contribution in [0.2, 0.25) is 0 Å². The van der Waals surface area contributed by atoms with E-state index in [9.17, 15) is 13.6 Å². The van der Waals surface area contributed by atoms with Crippen molar-refractivity contribution in [3.63, 3.8) is 0 Å². The fraction of sp³-hybridized carbons (Fsp3) is 0.417. The van der Waals surface area contributed by atoms with E-state index < -0.39 is 17.5 Å². The van der Waals surface area contributed by atoms with Crippen molar-refractivity contribution in [2.45, 2.75) is 6.42 Å². The zero-order valence-corrected chi connectivity index (χ0v) is 9.80. The first-order chi connectivity index (χ1) is 8.68. The Labute approximate surface area is 104 Å². The fourth-order valence-corrected chi connectivity index (χ4v) is 1.87. The normalized spacial score (nSPS) is 15.9. The van der Waals surface area contributed by atoms with E-state index in [-0.39, 0.29) is 5.56 Å². The zero-order valence-electron chi connectivity index (χ0n) is 9.80. The van der Waals surface area contributed by atoms with Crippen molar-refractivity contribution in [1.29, 1.82) is 0 Å². The minimum atomic E-state index is -1.10. The molecule has 0 radical (unpaired) electrons. The van der Waals surface area contributed by atoms with Gasteiger partial charge in [-0.2, -0.15) is 0 Å². The standard InChI is InChI=1S/C12H15F2N3O/c13-10-3-1-2-9(11(10)14)12(18)15-5-4-8-6-16-17-7-8/h1-3,8,16-17H,4-7H2,(H,15,18). The third-order valence-electron chi connectivity index (χ3n) is 2.94. The molecule has 3 N–H and O–H groups in total. The van der Waals surface area contributed by atoms with Gasteiger partial charge in [-0.25, -0.2) is 8.78 Å². The summed E-state index contributed by atoms with van der Waals surface area (Å²) in [5.74, 6) is -2.24. The fourth-order valence-electron chi connectivity index (χ4n) is 1.87. The Kier molecular flexibility index (Phi) is 4.22. The van der Waals surface area contributed by atoms with Crippen molar-refractivity contribution < 1.29 is 13.6 Å². The van der Waals surface area contributed by atoms with E-state index in [1.165, 1.54) is 12.1 Å². The van der Waals surface area contributed by atoms with Gasteiger partial charge in [-0.3, -0.25) is 15.6 Å². The first-order valence-corrected chi connectivity index (χ1v) is 5.86. The van der Waals surface area contributed by atoms with Crippen molar-refractivity contribution in [2.24, 2.45) is 5.92 Å². The van der Waals surface area contributed by atoms with Gasteiger partial charge in [0.15, 0.2) is 11.6 Å². The zero-order chi connectivity index (χ0) is 13.0. The van der Waals surface area contributed by atoms with Crippen LogP contribution in [-0.2, 0) is 0 Å². The minimum Gasteiger partial charge on any atom is -0.352 e. The smallest absolute Gasteiger partial charge is 0.254 e. The van der Waals surface area contributed by atoms with Crippen LogP contribution in [0.15, 0.2) is 18.2 Å². The third kappa shape index (κ3) is 3.02. The Hall–Kier alpha value is -1.53. The van der Waals surface area contributed by atoms with Gasteiger partial charge in [0.05, 0.1) is 5.56 Å². The summed E-state index contributed by atoms with van der Waals surface area (Å²) in [6.45, 7) is 2.15. The summed E-state index contributed by atoms with van der Waals surface area (Å²) in [4.78, 5) is 11.6. The topological polar surface area (TPSA) is 53.2 Å². The monoisotopic (exact) mass is 255 g/mol. The van der Waals surface area contributed by atoms with Crippen molar-refractivity contribution >= 4 is 5.91 Å². The Morgan fingerprint density at radius 2 is 2.06 bits per heavy atom.